The summed E-state index contributed by atoms with van der Waals surface area (Å²) in [7, 11) is 0. The highest BCUT2D eigenvalue weighted by Gasteiger charge is 2.16. The van der Waals surface area contributed by atoms with Crippen LogP contribution in [0.4, 0.5) is 4.39 Å². The first-order chi connectivity index (χ1) is 7.78. The van der Waals surface area contributed by atoms with Crippen LogP contribution in [0, 0.1) is 11.7 Å². The molecule has 0 saturated heterocycles. The molecule has 0 atom stereocenters. The van der Waals surface area contributed by atoms with Gasteiger partial charge >= 0.3 is 0 Å². The van der Waals surface area contributed by atoms with Crippen molar-refractivity contribution in [2.75, 3.05) is 6.61 Å². The van der Waals surface area contributed by atoms with Crippen molar-refractivity contribution in [1.82, 2.24) is 0 Å². The smallest absolute Gasteiger partial charge is 0.127 e. The minimum absolute atomic E-state index is 0.276. The van der Waals surface area contributed by atoms with Gasteiger partial charge in [0.15, 0.2) is 0 Å². The Morgan fingerprint density at radius 1 is 1.31 bits per heavy atom. The topological polar surface area (TPSA) is 35.2 Å². The molecule has 1 aliphatic rings. The molecule has 0 amide bonds. The number of hydrogen-bond donors (Lipinski definition) is 1. The molecule has 0 spiro atoms. The molecule has 2 N–H and O–H groups in total. The van der Waals surface area contributed by atoms with E-state index in [4.69, 9.17) is 10.5 Å². The molecule has 3 heteroatoms. The van der Waals surface area contributed by atoms with Crippen LogP contribution < -0.4 is 10.5 Å². The number of rotatable bonds is 5. The van der Waals surface area contributed by atoms with Crippen LogP contribution in [-0.4, -0.2) is 6.61 Å². The Kier molecular flexibility index (Phi) is 3.78. The number of nitrogens with two attached hydrogens (primary N) is 1. The predicted molar refractivity (Wildman–Crippen MR) is 61.7 cm³/mol. The first-order valence-corrected chi connectivity index (χ1v) is 5.90. The van der Waals surface area contributed by atoms with Crippen LogP contribution in [0.25, 0.3) is 0 Å². The van der Waals surface area contributed by atoms with Crippen molar-refractivity contribution in [2.45, 2.75) is 32.2 Å². The second kappa shape index (κ2) is 5.30. The summed E-state index contributed by atoms with van der Waals surface area (Å²) in [6, 6.07) is 4.67. The maximum absolute atomic E-state index is 13.1. The van der Waals surface area contributed by atoms with Crippen LogP contribution in [0.1, 0.15) is 31.2 Å². The molecular weight excluding hydrogens is 205 g/mol. The normalized spacial score (nSPS) is 15.9. The van der Waals surface area contributed by atoms with E-state index in [9.17, 15) is 4.39 Å². The SMILES string of the molecule is NCc1cc(F)cc(OCCC2CCC2)c1. The average molecular weight is 223 g/mol. The number of halogens is 1. The first kappa shape index (κ1) is 11.4. The lowest BCUT2D eigenvalue weighted by atomic mass is 9.83. The largest absolute Gasteiger partial charge is 0.493 e. The van der Waals surface area contributed by atoms with Crippen molar-refractivity contribution >= 4 is 0 Å². The molecule has 0 bridgehead atoms. The van der Waals surface area contributed by atoms with Gasteiger partial charge in [-0.2, -0.15) is 0 Å². The lowest BCUT2D eigenvalue weighted by Crippen LogP contribution is -2.14. The molecule has 0 aliphatic heterocycles. The molecule has 88 valence electrons. The zero-order valence-electron chi connectivity index (χ0n) is 9.42. The summed E-state index contributed by atoms with van der Waals surface area (Å²) in [6.45, 7) is 1.02. The van der Waals surface area contributed by atoms with E-state index in [0.29, 0.717) is 18.9 Å². The fraction of sp³-hybridized carbons (Fsp3) is 0.538. The Morgan fingerprint density at radius 2 is 2.12 bits per heavy atom. The van der Waals surface area contributed by atoms with Gasteiger partial charge in [0.05, 0.1) is 6.61 Å². The summed E-state index contributed by atoms with van der Waals surface area (Å²) < 4.78 is 18.7. The third-order valence-corrected chi connectivity index (χ3v) is 3.19. The standard InChI is InChI=1S/C13H18FNO/c14-12-6-11(9-15)7-13(8-12)16-5-4-10-2-1-3-10/h6-8,10H,1-5,9,15H2. The molecule has 1 aromatic carbocycles. The Hall–Kier alpha value is -1.09. The molecule has 1 aromatic rings. The molecule has 2 rings (SSSR count). The molecule has 1 fully saturated rings. The molecule has 0 radical (unpaired) electrons. The zero-order chi connectivity index (χ0) is 11.4. The van der Waals surface area contributed by atoms with Crippen molar-refractivity contribution in [3.63, 3.8) is 0 Å². The summed E-state index contributed by atoms with van der Waals surface area (Å²) >= 11 is 0. The van der Waals surface area contributed by atoms with Crippen LogP contribution in [0.2, 0.25) is 0 Å². The zero-order valence-corrected chi connectivity index (χ0v) is 9.42. The van der Waals surface area contributed by atoms with E-state index in [1.54, 1.807) is 0 Å². The lowest BCUT2D eigenvalue weighted by Gasteiger charge is -2.25. The van der Waals surface area contributed by atoms with Crippen LogP contribution in [0.15, 0.2) is 18.2 Å². The minimum Gasteiger partial charge on any atom is -0.493 e. The maximum Gasteiger partial charge on any atom is 0.127 e. The van der Waals surface area contributed by atoms with E-state index in [2.05, 4.69) is 0 Å². The monoisotopic (exact) mass is 223 g/mol. The first-order valence-electron chi connectivity index (χ1n) is 5.90. The Morgan fingerprint density at radius 3 is 2.75 bits per heavy atom. The lowest BCUT2D eigenvalue weighted by molar-refractivity contribution is 0.221. The summed E-state index contributed by atoms with van der Waals surface area (Å²) in [5.74, 6) is 1.14. The van der Waals surface area contributed by atoms with Crippen molar-refractivity contribution in [1.29, 1.82) is 0 Å². The highest BCUT2D eigenvalue weighted by Crippen LogP contribution is 2.29. The molecule has 0 unspecified atom stereocenters. The minimum atomic E-state index is -0.276. The van der Waals surface area contributed by atoms with Crippen molar-refractivity contribution in [3.8, 4) is 5.75 Å². The van der Waals surface area contributed by atoms with Gasteiger partial charge in [0.1, 0.15) is 11.6 Å². The predicted octanol–water partition coefficient (Wildman–Crippen LogP) is 2.85. The molecule has 0 heterocycles. The maximum atomic E-state index is 13.1. The summed E-state index contributed by atoms with van der Waals surface area (Å²) in [5, 5.41) is 0. The second-order valence-corrected chi connectivity index (χ2v) is 4.43. The van der Waals surface area contributed by atoms with E-state index < -0.39 is 0 Å². The summed E-state index contributed by atoms with van der Waals surface area (Å²) in [5.41, 5.74) is 6.25. The van der Waals surface area contributed by atoms with Crippen LogP contribution in [-0.2, 0) is 6.54 Å². The van der Waals surface area contributed by atoms with Gasteiger partial charge in [0.2, 0.25) is 0 Å². The molecule has 2 nitrogen and oxygen atoms in total. The highest BCUT2D eigenvalue weighted by molar-refractivity contribution is 5.29. The molecule has 1 saturated carbocycles. The van der Waals surface area contributed by atoms with Crippen LogP contribution in [0.3, 0.4) is 0 Å². The van der Waals surface area contributed by atoms with Gasteiger partial charge in [-0.05, 0) is 30.0 Å². The van der Waals surface area contributed by atoms with Crippen molar-refractivity contribution in [2.24, 2.45) is 11.7 Å². The third kappa shape index (κ3) is 2.95. The van der Waals surface area contributed by atoms with Gasteiger partial charge in [0.25, 0.3) is 0 Å². The molecular formula is C13H18FNO. The summed E-state index contributed by atoms with van der Waals surface area (Å²) in [4.78, 5) is 0. The van der Waals surface area contributed by atoms with E-state index in [1.165, 1.54) is 31.4 Å². The Labute approximate surface area is 95.6 Å². The van der Waals surface area contributed by atoms with E-state index in [-0.39, 0.29) is 5.82 Å². The molecule has 0 aromatic heterocycles. The molecule has 16 heavy (non-hydrogen) atoms. The fourth-order valence-electron chi connectivity index (χ4n) is 1.95. The fourth-order valence-corrected chi connectivity index (χ4v) is 1.95. The van der Waals surface area contributed by atoms with Gasteiger partial charge in [-0.25, -0.2) is 4.39 Å². The summed E-state index contributed by atoms with van der Waals surface area (Å²) in [6.07, 6.45) is 5.07. The third-order valence-electron chi connectivity index (χ3n) is 3.19. The number of hydrogen-bond acceptors (Lipinski definition) is 2. The van der Waals surface area contributed by atoms with Crippen LogP contribution >= 0.6 is 0 Å². The van der Waals surface area contributed by atoms with E-state index in [1.807, 2.05) is 6.07 Å². The average Bonchev–Trinajstić information content (AvgIpc) is 2.21. The van der Waals surface area contributed by atoms with E-state index in [0.717, 1.165) is 17.9 Å². The van der Waals surface area contributed by atoms with Crippen LogP contribution in [0.5, 0.6) is 5.75 Å². The van der Waals surface area contributed by atoms with Crippen molar-refractivity contribution in [3.05, 3.63) is 29.6 Å². The number of benzene rings is 1. The molecule has 1 aliphatic carbocycles. The highest BCUT2D eigenvalue weighted by atomic mass is 19.1. The van der Waals surface area contributed by atoms with Crippen molar-refractivity contribution < 1.29 is 9.13 Å². The van der Waals surface area contributed by atoms with Gasteiger partial charge in [-0.1, -0.05) is 19.3 Å². The quantitative estimate of drug-likeness (QED) is 0.833. The number of ether oxygens (including phenoxy) is 1. The Balaban J connectivity index is 1.84. The second-order valence-electron chi connectivity index (χ2n) is 4.43. The van der Waals surface area contributed by atoms with Gasteiger partial charge in [0, 0.05) is 12.6 Å². The Bertz CT molecular complexity index is 350. The van der Waals surface area contributed by atoms with Gasteiger partial charge < -0.3 is 10.5 Å². The van der Waals surface area contributed by atoms with E-state index >= 15 is 0 Å². The van der Waals surface area contributed by atoms with Gasteiger partial charge in [-0.3, -0.25) is 0 Å². The van der Waals surface area contributed by atoms with Gasteiger partial charge in [-0.15, -0.1) is 0 Å².